The molecular weight excluding hydrogens is 392 g/mol. The minimum atomic E-state index is -0.107. The molecule has 2 aromatic carbocycles. The molecule has 1 aliphatic rings. The standard InChI is InChI=1S/C24H26N4O3/c1-18-17-21(25-28(18)19-9-4-3-5-10-19)24(30)27-14-8-13-26(15-16-27)23(29)20-11-6-7-12-22(20)31-2/h3-7,9-12,17H,8,13-16H2,1-2H3. The number of para-hydroxylation sites is 2. The second-order valence-electron chi connectivity index (χ2n) is 7.56. The number of aromatic nitrogens is 2. The fourth-order valence-corrected chi connectivity index (χ4v) is 3.89. The summed E-state index contributed by atoms with van der Waals surface area (Å²) in [4.78, 5) is 29.7. The summed E-state index contributed by atoms with van der Waals surface area (Å²) >= 11 is 0. The van der Waals surface area contributed by atoms with Crippen LogP contribution < -0.4 is 4.74 Å². The number of rotatable bonds is 4. The van der Waals surface area contributed by atoms with Crippen LogP contribution in [0.1, 0.15) is 33.0 Å². The zero-order chi connectivity index (χ0) is 21.8. The van der Waals surface area contributed by atoms with Crippen LogP contribution in [0.15, 0.2) is 60.7 Å². The number of nitrogens with zero attached hydrogens (tertiary/aromatic N) is 4. The molecule has 2 amide bonds. The largest absolute Gasteiger partial charge is 0.496 e. The van der Waals surface area contributed by atoms with Crippen molar-refractivity contribution in [2.45, 2.75) is 13.3 Å². The first-order valence-electron chi connectivity index (χ1n) is 10.4. The van der Waals surface area contributed by atoms with Gasteiger partial charge in [-0.15, -0.1) is 0 Å². The molecule has 3 aromatic rings. The monoisotopic (exact) mass is 418 g/mol. The van der Waals surface area contributed by atoms with Gasteiger partial charge in [0.15, 0.2) is 5.69 Å². The van der Waals surface area contributed by atoms with Gasteiger partial charge in [-0.05, 0) is 43.7 Å². The molecule has 31 heavy (non-hydrogen) atoms. The second kappa shape index (κ2) is 9.04. The average Bonchev–Trinajstić information content (AvgIpc) is 3.04. The van der Waals surface area contributed by atoms with Crippen molar-refractivity contribution in [3.8, 4) is 11.4 Å². The predicted molar refractivity (Wildman–Crippen MR) is 118 cm³/mol. The molecule has 0 bridgehead atoms. The van der Waals surface area contributed by atoms with E-state index in [2.05, 4.69) is 5.10 Å². The van der Waals surface area contributed by atoms with Crippen molar-refractivity contribution in [1.82, 2.24) is 19.6 Å². The summed E-state index contributed by atoms with van der Waals surface area (Å²) in [5.74, 6) is 0.381. The number of hydrogen-bond donors (Lipinski definition) is 0. The van der Waals surface area contributed by atoms with E-state index in [1.807, 2.05) is 55.5 Å². The number of benzene rings is 2. The Labute approximate surface area is 181 Å². The fraction of sp³-hybridized carbons (Fsp3) is 0.292. The summed E-state index contributed by atoms with van der Waals surface area (Å²) in [6, 6.07) is 18.8. The molecule has 0 N–H and O–H groups in total. The van der Waals surface area contributed by atoms with Crippen LogP contribution in [0.3, 0.4) is 0 Å². The highest BCUT2D eigenvalue weighted by atomic mass is 16.5. The second-order valence-corrected chi connectivity index (χ2v) is 7.56. The first kappa shape index (κ1) is 20.7. The Balaban J connectivity index is 1.47. The van der Waals surface area contributed by atoms with Crippen LogP contribution >= 0.6 is 0 Å². The van der Waals surface area contributed by atoms with Crippen LogP contribution in [0.25, 0.3) is 5.69 Å². The summed E-state index contributed by atoms with van der Waals surface area (Å²) in [6.07, 6.45) is 0.713. The van der Waals surface area contributed by atoms with Crippen LogP contribution in [0.4, 0.5) is 0 Å². The van der Waals surface area contributed by atoms with Crippen molar-refractivity contribution in [1.29, 1.82) is 0 Å². The number of methoxy groups -OCH3 is 1. The van der Waals surface area contributed by atoms with Gasteiger partial charge >= 0.3 is 0 Å². The Bertz CT molecular complexity index is 1080. The molecule has 7 heteroatoms. The lowest BCUT2D eigenvalue weighted by molar-refractivity contribution is 0.0713. The summed E-state index contributed by atoms with van der Waals surface area (Å²) in [5.41, 5.74) is 2.79. The summed E-state index contributed by atoms with van der Waals surface area (Å²) < 4.78 is 7.11. The molecule has 0 unspecified atom stereocenters. The van der Waals surface area contributed by atoms with Crippen molar-refractivity contribution in [3.05, 3.63) is 77.6 Å². The molecule has 0 atom stereocenters. The van der Waals surface area contributed by atoms with E-state index in [1.54, 1.807) is 33.7 Å². The van der Waals surface area contributed by atoms with Crippen molar-refractivity contribution >= 4 is 11.8 Å². The number of aryl methyl sites for hydroxylation is 1. The van der Waals surface area contributed by atoms with E-state index in [0.717, 1.165) is 11.4 Å². The van der Waals surface area contributed by atoms with Gasteiger partial charge in [0.25, 0.3) is 11.8 Å². The Morgan fingerprint density at radius 2 is 1.52 bits per heavy atom. The molecule has 7 nitrogen and oxygen atoms in total. The highest BCUT2D eigenvalue weighted by Gasteiger charge is 2.26. The van der Waals surface area contributed by atoms with Crippen molar-refractivity contribution in [2.24, 2.45) is 0 Å². The van der Waals surface area contributed by atoms with E-state index >= 15 is 0 Å². The van der Waals surface area contributed by atoms with E-state index in [9.17, 15) is 9.59 Å². The number of ether oxygens (including phenoxy) is 1. The van der Waals surface area contributed by atoms with Crippen molar-refractivity contribution < 1.29 is 14.3 Å². The third-order valence-electron chi connectivity index (χ3n) is 5.52. The van der Waals surface area contributed by atoms with E-state index in [4.69, 9.17) is 4.74 Å². The average molecular weight is 418 g/mol. The number of carbonyl (C=O) groups excluding carboxylic acids is 2. The topological polar surface area (TPSA) is 67.7 Å². The highest BCUT2D eigenvalue weighted by Crippen LogP contribution is 2.21. The van der Waals surface area contributed by atoms with Gasteiger partial charge in [0, 0.05) is 31.9 Å². The normalized spacial score (nSPS) is 14.3. The fourth-order valence-electron chi connectivity index (χ4n) is 3.89. The van der Waals surface area contributed by atoms with Crippen LogP contribution in [-0.4, -0.2) is 64.7 Å². The number of carbonyl (C=O) groups is 2. The zero-order valence-electron chi connectivity index (χ0n) is 17.8. The Kier molecular flexibility index (Phi) is 6.02. The van der Waals surface area contributed by atoms with Crippen molar-refractivity contribution in [2.75, 3.05) is 33.3 Å². The third-order valence-corrected chi connectivity index (χ3v) is 5.52. The predicted octanol–water partition coefficient (Wildman–Crippen LogP) is 3.18. The molecule has 0 aliphatic carbocycles. The Hall–Kier alpha value is -3.61. The maximum atomic E-state index is 13.1. The zero-order valence-corrected chi connectivity index (χ0v) is 17.8. The summed E-state index contributed by atoms with van der Waals surface area (Å²) in [7, 11) is 1.56. The first-order valence-corrected chi connectivity index (χ1v) is 10.4. The van der Waals surface area contributed by atoms with E-state index in [0.29, 0.717) is 49.6 Å². The SMILES string of the molecule is COc1ccccc1C(=O)N1CCCN(C(=O)c2cc(C)n(-c3ccccc3)n2)CC1. The Morgan fingerprint density at radius 1 is 0.871 bits per heavy atom. The summed E-state index contributed by atoms with van der Waals surface area (Å²) in [6.45, 7) is 4.06. The van der Waals surface area contributed by atoms with Gasteiger partial charge in [0.1, 0.15) is 5.75 Å². The highest BCUT2D eigenvalue weighted by molar-refractivity contribution is 5.97. The molecule has 1 aromatic heterocycles. The molecule has 160 valence electrons. The van der Waals surface area contributed by atoms with Gasteiger partial charge in [0.2, 0.25) is 0 Å². The third kappa shape index (κ3) is 4.30. The summed E-state index contributed by atoms with van der Waals surface area (Å²) in [5, 5.41) is 4.54. The molecule has 1 saturated heterocycles. The molecular formula is C24H26N4O3. The quantitative estimate of drug-likeness (QED) is 0.653. The smallest absolute Gasteiger partial charge is 0.274 e. The van der Waals surface area contributed by atoms with Gasteiger partial charge in [-0.1, -0.05) is 30.3 Å². The van der Waals surface area contributed by atoms with Crippen LogP contribution in [-0.2, 0) is 0 Å². The Morgan fingerprint density at radius 3 is 2.23 bits per heavy atom. The number of amides is 2. The molecule has 4 rings (SSSR count). The van der Waals surface area contributed by atoms with Crippen LogP contribution in [0, 0.1) is 6.92 Å². The lowest BCUT2D eigenvalue weighted by Gasteiger charge is -2.22. The lowest BCUT2D eigenvalue weighted by atomic mass is 10.1. The minimum Gasteiger partial charge on any atom is -0.496 e. The van der Waals surface area contributed by atoms with Gasteiger partial charge in [-0.2, -0.15) is 5.10 Å². The molecule has 0 spiro atoms. The van der Waals surface area contributed by atoms with E-state index in [1.165, 1.54) is 0 Å². The van der Waals surface area contributed by atoms with Gasteiger partial charge < -0.3 is 14.5 Å². The maximum absolute atomic E-state index is 13.1. The molecule has 1 aliphatic heterocycles. The minimum absolute atomic E-state index is 0.0732. The maximum Gasteiger partial charge on any atom is 0.274 e. The van der Waals surface area contributed by atoms with Gasteiger partial charge in [0.05, 0.1) is 18.4 Å². The molecule has 0 saturated carbocycles. The number of hydrogen-bond acceptors (Lipinski definition) is 4. The van der Waals surface area contributed by atoms with Gasteiger partial charge in [-0.3, -0.25) is 9.59 Å². The lowest BCUT2D eigenvalue weighted by Crippen LogP contribution is -2.37. The van der Waals surface area contributed by atoms with E-state index in [-0.39, 0.29) is 11.8 Å². The molecule has 1 fully saturated rings. The van der Waals surface area contributed by atoms with Crippen LogP contribution in [0.2, 0.25) is 0 Å². The van der Waals surface area contributed by atoms with Crippen LogP contribution in [0.5, 0.6) is 5.75 Å². The molecule has 0 radical (unpaired) electrons. The molecule has 2 heterocycles. The van der Waals surface area contributed by atoms with Crippen molar-refractivity contribution in [3.63, 3.8) is 0 Å². The van der Waals surface area contributed by atoms with Gasteiger partial charge in [-0.25, -0.2) is 4.68 Å². The first-order chi connectivity index (χ1) is 15.1. The van der Waals surface area contributed by atoms with E-state index < -0.39 is 0 Å².